The number of likely N-dealkylation sites (tertiary alicyclic amines) is 1. The highest BCUT2D eigenvalue weighted by Crippen LogP contribution is 2.33. The largest absolute Gasteiger partial charge is 0.338 e. The second-order valence-electron chi connectivity index (χ2n) is 7.77. The van der Waals surface area contributed by atoms with E-state index in [2.05, 4.69) is 19.9 Å². The molecule has 0 saturated carbocycles. The van der Waals surface area contributed by atoms with Crippen molar-refractivity contribution >= 4 is 16.9 Å². The average Bonchev–Trinajstić information content (AvgIpc) is 2.84. The number of carbonyl (C=O) groups is 1. The predicted molar refractivity (Wildman–Crippen MR) is 117 cm³/mol. The van der Waals surface area contributed by atoms with Crippen molar-refractivity contribution in [1.82, 2.24) is 29.8 Å². The Hall–Kier alpha value is -3.74. The fraction of sp³-hybridized carbons (Fsp3) is 0.250. The minimum absolute atomic E-state index is 0.00737. The monoisotopic (exact) mass is 410 g/mol. The number of para-hydroxylation sites is 1. The van der Waals surface area contributed by atoms with E-state index in [0.29, 0.717) is 17.6 Å². The van der Waals surface area contributed by atoms with Crippen LogP contribution in [0.4, 0.5) is 0 Å². The van der Waals surface area contributed by atoms with Gasteiger partial charge in [-0.15, -0.1) is 0 Å². The van der Waals surface area contributed by atoms with Crippen molar-refractivity contribution in [2.45, 2.75) is 25.7 Å². The summed E-state index contributed by atoms with van der Waals surface area (Å²) in [5.74, 6) is 0.872. The van der Waals surface area contributed by atoms with Gasteiger partial charge in [-0.25, -0.2) is 9.97 Å². The zero-order valence-corrected chi connectivity index (χ0v) is 17.3. The third-order valence-electron chi connectivity index (χ3n) is 5.75. The molecule has 3 aromatic heterocycles. The zero-order chi connectivity index (χ0) is 21.2. The second kappa shape index (κ2) is 8.18. The van der Waals surface area contributed by atoms with Crippen molar-refractivity contribution in [2.24, 2.45) is 0 Å². The number of hydrogen-bond acceptors (Lipinski definition) is 6. The molecule has 1 atom stereocenters. The minimum Gasteiger partial charge on any atom is -0.338 e. The smallest absolute Gasteiger partial charge is 0.256 e. The van der Waals surface area contributed by atoms with E-state index in [0.717, 1.165) is 47.5 Å². The molecule has 1 aliphatic heterocycles. The molecule has 7 nitrogen and oxygen atoms in total. The molecule has 4 heterocycles. The SMILES string of the molecule is Cc1ncc(-c2ccncc2)c(C2CCCN(C(=O)c3cccc4nccnc34)C2)n1. The van der Waals surface area contributed by atoms with Crippen molar-refractivity contribution in [3.8, 4) is 11.1 Å². The first-order chi connectivity index (χ1) is 15.2. The average molecular weight is 410 g/mol. The summed E-state index contributed by atoms with van der Waals surface area (Å²) in [6.45, 7) is 3.24. The topological polar surface area (TPSA) is 84.8 Å². The molecule has 154 valence electrons. The van der Waals surface area contributed by atoms with Crippen LogP contribution in [0.1, 0.15) is 40.6 Å². The first-order valence-corrected chi connectivity index (χ1v) is 10.4. The number of amides is 1. The minimum atomic E-state index is -0.00737. The van der Waals surface area contributed by atoms with Crippen LogP contribution in [0.25, 0.3) is 22.2 Å². The van der Waals surface area contributed by atoms with Gasteiger partial charge in [-0.3, -0.25) is 19.7 Å². The lowest BCUT2D eigenvalue weighted by molar-refractivity contribution is 0.0708. The van der Waals surface area contributed by atoms with Crippen molar-refractivity contribution in [1.29, 1.82) is 0 Å². The van der Waals surface area contributed by atoms with E-state index < -0.39 is 0 Å². The van der Waals surface area contributed by atoms with Crippen molar-refractivity contribution in [3.63, 3.8) is 0 Å². The van der Waals surface area contributed by atoms with E-state index >= 15 is 0 Å². The molecule has 1 saturated heterocycles. The Labute approximate surface area is 180 Å². The van der Waals surface area contributed by atoms with Gasteiger partial charge in [0.2, 0.25) is 0 Å². The molecule has 1 fully saturated rings. The summed E-state index contributed by atoms with van der Waals surface area (Å²) in [7, 11) is 0. The molecule has 0 spiro atoms. The molecule has 1 amide bonds. The number of pyridine rings is 1. The van der Waals surface area contributed by atoms with Gasteiger partial charge >= 0.3 is 0 Å². The Morgan fingerprint density at radius 1 is 1.03 bits per heavy atom. The van der Waals surface area contributed by atoms with Gasteiger partial charge in [0.15, 0.2) is 0 Å². The molecular weight excluding hydrogens is 388 g/mol. The summed E-state index contributed by atoms with van der Waals surface area (Å²) >= 11 is 0. The van der Waals surface area contributed by atoms with Crippen LogP contribution in [0.3, 0.4) is 0 Å². The number of benzene rings is 1. The number of nitrogens with zero attached hydrogens (tertiary/aromatic N) is 6. The van der Waals surface area contributed by atoms with E-state index in [9.17, 15) is 4.79 Å². The van der Waals surface area contributed by atoms with Crippen LogP contribution in [0.2, 0.25) is 0 Å². The predicted octanol–water partition coefficient (Wildman–Crippen LogP) is 3.81. The number of aromatic nitrogens is 5. The maximum Gasteiger partial charge on any atom is 0.256 e. The number of piperidine rings is 1. The Kier molecular flexibility index (Phi) is 5.08. The summed E-state index contributed by atoms with van der Waals surface area (Å²) in [4.78, 5) is 37.4. The van der Waals surface area contributed by atoms with Gasteiger partial charge in [-0.2, -0.15) is 0 Å². The van der Waals surface area contributed by atoms with Gasteiger partial charge in [-0.05, 0) is 49.6 Å². The zero-order valence-electron chi connectivity index (χ0n) is 17.3. The summed E-state index contributed by atoms with van der Waals surface area (Å²) in [5, 5.41) is 0. The molecule has 1 aliphatic rings. The Morgan fingerprint density at radius 3 is 2.74 bits per heavy atom. The van der Waals surface area contributed by atoms with Crippen LogP contribution >= 0.6 is 0 Å². The first kappa shape index (κ1) is 19.2. The highest BCUT2D eigenvalue weighted by molar-refractivity contribution is 6.04. The maximum absolute atomic E-state index is 13.4. The Morgan fingerprint density at radius 2 is 1.87 bits per heavy atom. The summed E-state index contributed by atoms with van der Waals surface area (Å²) < 4.78 is 0. The van der Waals surface area contributed by atoms with Gasteiger partial charge in [0.05, 0.1) is 16.8 Å². The lowest BCUT2D eigenvalue weighted by Crippen LogP contribution is -2.39. The maximum atomic E-state index is 13.4. The number of carbonyl (C=O) groups excluding carboxylic acids is 1. The van der Waals surface area contributed by atoms with Crippen molar-refractivity contribution in [2.75, 3.05) is 13.1 Å². The number of aryl methyl sites for hydroxylation is 1. The molecule has 1 unspecified atom stereocenters. The molecule has 0 radical (unpaired) electrons. The van der Waals surface area contributed by atoms with E-state index in [-0.39, 0.29) is 11.8 Å². The molecule has 5 rings (SSSR count). The fourth-order valence-corrected chi connectivity index (χ4v) is 4.27. The van der Waals surface area contributed by atoms with Crippen LogP contribution < -0.4 is 0 Å². The molecule has 0 bridgehead atoms. The number of fused-ring (bicyclic) bond motifs is 1. The third kappa shape index (κ3) is 3.74. The molecule has 0 N–H and O–H groups in total. The molecule has 7 heteroatoms. The van der Waals surface area contributed by atoms with E-state index in [1.165, 1.54) is 0 Å². The lowest BCUT2D eigenvalue weighted by Gasteiger charge is -2.33. The van der Waals surface area contributed by atoms with E-state index in [4.69, 9.17) is 4.98 Å². The summed E-state index contributed by atoms with van der Waals surface area (Å²) in [6, 6.07) is 9.51. The highest BCUT2D eigenvalue weighted by atomic mass is 16.2. The fourth-order valence-electron chi connectivity index (χ4n) is 4.27. The quantitative estimate of drug-likeness (QED) is 0.511. The van der Waals surface area contributed by atoms with Gasteiger partial charge in [-0.1, -0.05) is 6.07 Å². The van der Waals surface area contributed by atoms with Gasteiger partial charge in [0, 0.05) is 55.6 Å². The van der Waals surface area contributed by atoms with E-state index in [1.807, 2.05) is 48.4 Å². The molecular formula is C24H22N6O. The molecule has 31 heavy (non-hydrogen) atoms. The Bertz CT molecular complexity index is 1240. The number of hydrogen-bond donors (Lipinski definition) is 0. The van der Waals surface area contributed by atoms with Gasteiger partial charge in [0.25, 0.3) is 5.91 Å². The van der Waals surface area contributed by atoms with Crippen LogP contribution in [0.5, 0.6) is 0 Å². The highest BCUT2D eigenvalue weighted by Gasteiger charge is 2.29. The summed E-state index contributed by atoms with van der Waals surface area (Å²) in [5.41, 5.74) is 5.01. The molecule has 1 aromatic carbocycles. The lowest BCUT2D eigenvalue weighted by atomic mass is 9.89. The Balaban J connectivity index is 1.48. The van der Waals surface area contributed by atoms with Crippen LogP contribution in [-0.4, -0.2) is 48.8 Å². The second-order valence-corrected chi connectivity index (χ2v) is 7.77. The van der Waals surface area contributed by atoms with Gasteiger partial charge in [0.1, 0.15) is 11.3 Å². The standard InChI is InChI=1S/C24H22N6O/c1-16-28-14-20(17-7-9-25-10-8-17)22(29-16)18-4-3-13-30(15-18)24(31)19-5-2-6-21-23(19)27-12-11-26-21/h2,5-12,14,18H,3-4,13,15H2,1H3. The van der Waals surface area contributed by atoms with Crippen LogP contribution in [0.15, 0.2) is 61.3 Å². The molecule has 4 aromatic rings. The van der Waals surface area contributed by atoms with E-state index in [1.54, 1.807) is 24.8 Å². The van der Waals surface area contributed by atoms with Crippen molar-refractivity contribution in [3.05, 3.63) is 78.4 Å². The normalized spacial score (nSPS) is 16.4. The molecule has 0 aliphatic carbocycles. The van der Waals surface area contributed by atoms with Crippen molar-refractivity contribution < 1.29 is 4.79 Å². The van der Waals surface area contributed by atoms with Crippen LogP contribution in [0, 0.1) is 6.92 Å². The number of rotatable bonds is 3. The summed E-state index contributed by atoms with van der Waals surface area (Å²) in [6.07, 6.45) is 10.6. The van der Waals surface area contributed by atoms with Crippen LogP contribution in [-0.2, 0) is 0 Å². The van der Waals surface area contributed by atoms with Gasteiger partial charge < -0.3 is 4.90 Å². The third-order valence-corrected chi connectivity index (χ3v) is 5.75. The first-order valence-electron chi connectivity index (χ1n) is 10.4.